The van der Waals surface area contributed by atoms with Gasteiger partial charge in [-0.15, -0.1) is 21.5 Å². The lowest BCUT2D eigenvalue weighted by Crippen LogP contribution is -2.25. The Balaban J connectivity index is 1.70. The molecule has 0 saturated heterocycles. The molecule has 0 aliphatic heterocycles. The van der Waals surface area contributed by atoms with Gasteiger partial charge in [0, 0.05) is 12.1 Å². The third kappa shape index (κ3) is 7.33. The fourth-order valence-corrected chi connectivity index (χ4v) is 5.82. The highest BCUT2D eigenvalue weighted by molar-refractivity contribution is 8.00. The first-order valence-corrected chi connectivity index (χ1v) is 14.5. The summed E-state index contributed by atoms with van der Waals surface area (Å²) >= 11 is 14.1. The average molecular weight is 629 g/mol. The second-order valence-corrected chi connectivity index (χ2v) is 11.4. The van der Waals surface area contributed by atoms with Gasteiger partial charge in [0.25, 0.3) is 5.91 Å². The molecule has 2 heterocycles. The van der Waals surface area contributed by atoms with Gasteiger partial charge >= 0.3 is 11.9 Å². The van der Waals surface area contributed by atoms with E-state index in [4.69, 9.17) is 32.7 Å². The Morgan fingerprint density at radius 1 is 1.10 bits per heavy atom. The largest absolute Gasteiger partial charge is 0.462 e. The molecule has 214 valence electrons. The van der Waals surface area contributed by atoms with E-state index in [0.29, 0.717) is 21.6 Å². The molecule has 0 spiro atoms. The average Bonchev–Trinajstić information content (AvgIpc) is 3.41. The van der Waals surface area contributed by atoms with Gasteiger partial charge in [-0.25, -0.2) is 9.59 Å². The number of thioether (sulfide) groups is 1. The Labute approximate surface area is 248 Å². The fraction of sp³-hybridized carbons (Fsp3) is 0.360. The monoisotopic (exact) mass is 627 g/mol. The summed E-state index contributed by atoms with van der Waals surface area (Å²) in [6, 6.07) is 4.57. The molecule has 2 amide bonds. The van der Waals surface area contributed by atoms with E-state index in [1.54, 1.807) is 45.4 Å². The Morgan fingerprint density at radius 2 is 1.77 bits per heavy atom. The molecule has 1 atom stereocenters. The van der Waals surface area contributed by atoms with Crippen LogP contribution in [0, 0.1) is 6.92 Å². The Hall–Kier alpha value is -3.13. The van der Waals surface area contributed by atoms with Crippen LogP contribution in [0.1, 0.15) is 62.5 Å². The molecule has 1 unspecified atom stereocenters. The number of halogens is 2. The molecule has 3 aromatic rings. The molecule has 3 rings (SSSR count). The molecule has 0 aliphatic carbocycles. The van der Waals surface area contributed by atoms with Crippen molar-refractivity contribution in [2.24, 2.45) is 7.05 Å². The molecular formula is C25H27Cl2N5O6S2. The number of thiophene rings is 1. The zero-order chi connectivity index (χ0) is 29.6. The van der Waals surface area contributed by atoms with Crippen molar-refractivity contribution in [2.75, 3.05) is 18.5 Å². The highest BCUT2D eigenvalue weighted by atomic mass is 35.5. The van der Waals surface area contributed by atoms with Crippen molar-refractivity contribution >= 4 is 75.1 Å². The van der Waals surface area contributed by atoms with Gasteiger partial charge in [0.05, 0.1) is 41.2 Å². The lowest BCUT2D eigenvalue weighted by molar-refractivity contribution is -0.115. The number of aromatic nitrogens is 3. The van der Waals surface area contributed by atoms with E-state index in [2.05, 4.69) is 20.8 Å². The van der Waals surface area contributed by atoms with Crippen LogP contribution in [0.15, 0.2) is 23.4 Å². The molecule has 11 nitrogen and oxygen atoms in total. The summed E-state index contributed by atoms with van der Waals surface area (Å²) in [7, 11) is 1.71. The Bertz CT molecular complexity index is 1440. The molecule has 2 aromatic heterocycles. The van der Waals surface area contributed by atoms with Gasteiger partial charge in [-0.2, -0.15) is 0 Å². The number of benzene rings is 1. The molecule has 0 bridgehead atoms. The van der Waals surface area contributed by atoms with Crippen molar-refractivity contribution in [1.29, 1.82) is 0 Å². The number of carbonyl (C=O) groups excluding carboxylic acids is 4. The van der Waals surface area contributed by atoms with E-state index in [1.807, 2.05) is 0 Å². The zero-order valence-corrected chi connectivity index (χ0v) is 25.4. The van der Waals surface area contributed by atoms with Crippen molar-refractivity contribution in [3.8, 4) is 0 Å². The number of anilines is 1. The van der Waals surface area contributed by atoms with Gasteiger partial charge in [-0.05, 0) is 51.5 Å². The highest BCUT2D eigenvalue weighted by Gasteiger charge is 2.29. The van der Waals surface area contributed by atoms with Gasteiger partial charge in [0.1, 0.15) is 9.88 Å². The molecule has 1 aromatic carbocycles. The van der Waals surface area contributed by atoms with E-state index in [9.17, 15) is 19.2 Å². The quantitative estimate of drug-likeness (QED) is 0.224. The van der Waals surface area contributed by atoms with E-state index >= 15 is 0 Å². The smallest absolute Gasteiger partial charge is 0.348 e. The van der Waals surface area contributed by atoms with Crippen LogP contribution in [0.25, 0.3) is 0 Å². The predicted octanol–water partition coefficient (Wildman–Crippen LogP) is 4.89. The molecule has 0 radical (unpaired) electrons. The van der Waals surface area contributed by atoms with Crippen LogP contribution < -0.4 is 10.6 Å². The minimum atomic E-state index is -0.665. The van der Waals surface area contributed by atoms with Gasteiger partial charge < -0.3 is 24.7 Å². The maximum atomic E-state index is 13.1. The summed E-state index contributed by atoms with van der Waals surface area (Å²) in [5, 5.41) is 14.3. The lowest BCUT2D eigenvalue weighted by atomic mass is 10.1. The van der Waals surface area contributed by atoms with Crippen LogP contribution in [0.3, 0.4) is 0 Å². The number of hydrogen-bond donors (Lipinski definition) is 2. The molecule has 0 aliphatic rings. The van der Waals surface area contributed by atoms with Crippen LogP contribution in [0.2, 0.25) is 10.0 Å². The van der Waals surface area contributed by atoms with E-state index in [-0.39, 0.29) is 45.8 Å². The molecule has 2 N–H and O–H groups in total. The van der Waals surface area contributed by atoms with Crippen molar-refractivity contribution in [2.45, 2.75) is 44.6 Å². The SMILES string of the molecule is CCOC(=O)c1sc(NC(=O)C(C)Sc2nnc(CNC(=O)c3ccc(Cl)cc3Cl)n2C)c(C(=O)OCC)c1C. The van der Waals surface area contributed by atoms with Crippen LogP contribution in [0.4, 0.5) is 5.00 Å². The normalized spacial score (nSPS) is 11.6. The van der Waals surface area contributed by atoms with Gasteiger partial charge in [0.15, 0.2) is 11.0 Å². The second kappa shape index (κ2) is 14.0. The number of nitrogens with one attached hydrogen (secondary N) is 2. The Kier molecular flexibility index (Phi) is 11.0. The maximum Gasteiger partial charge on any atom is 0.348 e. The number of esters is 2. The summed E-state index contributed by atoms with van der Waals surface area (Å²) in [6.07, 6.45) is 0. The third-order valence-corrected chi connectivity index (χ3v) is 8.35. The standard InChI is InChI=1S/C25H27Cl2N5O6S2/c1-6-37-23(35)18-12(3)19(24(36)38-7-2)40-22(18)29-20(33)13(4)39-25-31-30-17(32(25)5)11-28-21(34)15-9-8-14(26)10-16(15)27/h8-10,13H,6-7,11H2,1-5H3,(H,28,34)(H,29,33). The summed E-state index contributed by atoms with van der Waals surface area (Å²) < 4.78 is 11.9. The topological polar surface area (TPSA) is 142 Å². The van der Waals surface area contributed by atoms with Crippen molar-refractivity contribution in [3.05, 3.63) is 55.6 Å². The summed E-state index contributed by atoms with van der Waals surface area (Å²) in [4.78, 5) is 50.8. The van der Waals surface area contributed by atoms with Crippen LogP contribution in [0.5, 0.6) is 0 Å². The summed E-state index contributed by atoms with van der Waals surface area (Å²) in [6.45, 7) is 6.96. The van der Waals surface area contributed by atoms with Gasteiger partial charge in [-0.1, -0.05) is 35.0 Å². The maximum absolute atomic E-state index is 13.1. The molecular weight excluding hydrogens is 601 g/mol. The minimum Gasteiger partial charge on any atom is -0.462 e. The molecule has 0 fully saturated rings. The van der Waals surface area contributed by atoms with Gasteiger partial charge in [0.2, 0.25) is 5.91 Å². The van der Waals surface area contributed by atoms with Crippen LogP contribution in [-0.4, -0.2) is 57.0 Å². The number of hydrogen-bond acceptors (Lipinski definition) is 10. The van der Waals surface area contributed by atoms with Crippen molar-refractivity contribution in [3.63, 3.8) is 0 Å². The third-order valence-electron chi connectivity index (χ3n) is 5.48. The summed E-state index contributed by atoms with van der Waals surface area (Å²) in [5.41, 5.74) is 0.751. The van der Waals surface area contributed by atoms with E-state index < -0.39 is 29.0 Å². The van der Waals surface area contributed by atoms with Crippen LogP contribution in [-0.2, 0) is 27.9 Å². The predicted molar refractivity (Wildman–Crippen MR) is 154 cm³/mol. The number of ether oxygens (including phenoxy) is 2. The number of amides is 2. The minimum absolute atomic E-state index is 0.0659. The Morgan fingerprint density at radius 3 is 2.42 bits per heavy atom. The first-order chi connectivity index (χ1) is 19.0. The highest BCUT2D eigenvalue weighted by Crippen LogP contribution is 2.35. The number of carbonyl (C=O) groups is 4. The van der Waals surface area contributed by atoms with Crippen molar-refractivity contribution in [1.82, 2.24) is 20.1 Å². The zero-order valence-electron chi connectivity index (χ0n) is 22.3. The lowest BCUT2D eigenvalue weighted by Gasteiger charge is -2.12. The first-order valence-electron chi connectivity index (χ1n) is 12.0. The van der Waals surface area contributed by atoms with E-state index in [0.717, 1.165) is 23.1 Å². The molecule has 15 heteroatoms. The molecule has 0 saturated carbocycles. The van der Waals surface area contributed by atoms with Gasteiger partial charge in [-0.3, -0.25) is 9.59 Å². The van der Waals surface area contributed by atoms with Crippen LogP contribution >= 0.6 is 46.3 Å². The fourth-order valence-electron chi connectivity index (χ4n) is 3.40. The van der Waals surface area contributed by atoms with Crippen molar-refractivity contribution < 1.29 is 28.7 Å². The number of nitrogens with zero attached hydrogens (tertiary/aromatic N) is 3. The van der Waals surface area contributed by atoms with E-state index in [1.165, 1.54) is 12.1 Å². The number of rotatable bonds is 11. The summed E-state index contributed by atoms with van der Waals surface area (Å²) in [5.74, 6) is -1.62. The second-order valence-electron chi connectivity index (χ2n) is 8.22. The first kappa shape index (κ1) is 31.4. The molecule has 40 heavy (non-hydrogen) atoms.